The zero-order chi connectivity index (χ0) is 44.1. The largest absolute Gasteiger partial charge is 0.481 e. The van der Waals surface area contributed by atoms with E-state index in [9.17, 15) is 58.2 Å². The van der Waals surface area contributed by atoms with Gasteiger partial charge in [-0.1, -0.05) is 79.2 Å². The summed E-state index contributed by atoms with van der Waals surface area (Å²) >= 11 is 0. The monoisotopic (exact) mass is 820 g/mol. The summed E-state index contributed by atoms with van der Waals surface area (Å²) in [5.41, 5.74) is 0. The molecule has 6 amide bonds. The lowest BCUT2D eigenvalue weighted by molar-refractivity contribution is -0.141. The number of hydrogen-bond acceptors (Lipinski definition) is 10. The van der Waals surface area contributed by atoms with Crippen molar-refractivity contribution in [3.63, 3.8) is 0 Å². The second-order valence-corrected chi connectivity index (χ2v) is 15.4. The van der Waals surface area contributed by atoms with Gasteiger partial charge in [-0.15, -0.1) is 0 Å². The molecule has 0 spiro atoms. The molecule has 0 bridgehead atoms. The lowest BCUT2D eigenvalue weighted by Gasteiger charge is -2.31. The maximum Gasteiger partial charge on any atom is 0.305 e. The molecule has 326 valence electrons. The predicted octanol–water partition coefficient (Wildman–Crippen LogP) is 1.44. The number of Topliss-reactive ketones (excluding diaryl/α,β-unsaturated/α-hetero) is 1. The third kappa shape index (κ3) is 18.4. The minimum Gasteiger partial charge on any atom is -0.481 e. The van der Waals surface area contributed by atoms with E-state index < -0.39 is 120 Å². The molecule has 1 saturated carbocycles. The Hall–Kier alpha value is -5.16. The van der Waals surface area contributed by atoms with Gasteiger partial charge in [0, 0.05) is 13.3 Å². The predicted molar refractivity (Wildman–Crippen MR) is 212 cm³/mol. The van der Waals surface area contributed by atoms with Crippen LogP contribution in [0.4, 0.5) is 0 Å². The fourth-order valence-electron chi connectivity index (χ4n) is 6.65. The second kappa shape index (κ2) is 26.0. The quantitative estimate of drug-likeness (QED) is 0.0455. The van der Waals surface area contributed by atoms with Crippen molar-refractivity contribution < 1.29 is 58.2 Å². The molecule has 1 aliphatic carbocycles. The van der Waals surface area contributed by atoms with Crippen molar-refractivity contribution in [2.24, 2.45) is 17.8 Å². The van der Waals surface area contributed by atoms with Crippen molar-refractivity contribution in [2.75, 3.05) is 0 Å². The normalized spacial score (nSPS) is 16.7. The number of carboxylic acids is 2. The van der Waals surface area contributed by atoms with Crippen molar-refractivity contribution in [3.05, 3.63) is 12.2 Å². The minimum atomic E-state index is -1.59. The Labute approximate surface area is 340 Å². The molecule has 0 radical (unpaired) electrons. The summed E-state index contributed by atoms with van der Waals surface area (Å²) in [6.07, 6.45) is 6.14. The molecule has 0 aromatic rings. The van der Waals surface area contributed by atoms with Gasteiger partial charge in [-0.05, 0) is 56.4 Å². The molecule has 0 heterocycles. The zero-order valence-corrected chi connectivity index (χ0v) is 34.8. The summed E-state index contributed by atoms with van der Waals surface area (Å²) in [6.45, 7) is 11.3. The third-order valence-electron chi connectivity index (χ3n) is 10.0. The van der Waals surface area contributed by atoms with E-state index in [-0.39, 0.29) is 31.1 Å². The van der Waals surface area contributed by atoms with Crippen molar-refractivity contribution in [2.45, 2.75) is 162 Å². The summed E-state index contributed by atoms with van der Waals surface area (Å²) in [4.78, 5) is 128. The van der Waals surface area contributed by atoms with Crippen molar-refractivity contribution in [3.8, 4) is 0 Å². The molecule has 18 heteroatoms. The molecule has 7 atom stereocenters. The summed E-state index contributed by atoms with van der Waals surface area (Å²) in [7, 11) is 0. The first kappa shape index (κ1) is 50.9. The van der Waals surface area contributed by atoms with Crippen molar-refractivity contribution >= 4 is 58.9 Å². The summed E-state index contributed by atoms with van der Waals surface area (Å²) in [6, 6.07) is -7.88. The summed E-state index contributed by atoms with van der Waals surface area (Å²) in [5.74, 6) is -9.74. The zero-order valence-electron chi connectivity index (χ0n) is 34.8. The van der Waals surface area contributed by atoms with Crippen LogP contribution in [0.25, 0.3) is 0 Å². The highest BCUT2D eigenvalue weighted by molar-refractivity contribution is 6.43. The van der Waals surface area contributed by atoms with Gasteiger partial charge in [0.1, 0.15) is 30.2 Å². The number of allylic oxidation sites excluding steroid dienone is 2. The van der Waals surface area contributed by atoms with E-state index >= 15 is 0 Å². The molecule has 1 fully saturated rings. The first-order valence-corrected chi connectivity index (χ1v) is 20.2. The van der Waals surface area contributed by atoms with Crippen LogP contribution in [0.15, 0.2) is 12.2 Å². The number of rotatable bonds is 26. The number of hydrogen-bond donors (Lipinski definition) is 8. The average Bonchev–Trinajstić information content (AvgIpc) is 3.15. The van der Waals surface area contributed by atoms with E-state index in [1.54, 1.807) is 41.5 Å². The van der Waals surface area contributed by atoms with Crippen LogP contribution in [0.5, 0.6) is 0 Å². The Kier molecular flexibility index (Phi) is 22.8. The summed E-state index contributed by atoms with van der Waals surface area (Å²) < 4.78 is 0. The lowest BCUT2D eigenvalue weighted by atomic mass is 9.84. The van der Waals surface area contributed by atoms with Crippen LogP contribution >= 0.6 is 0 Å². The van der Waals surface area contributed by atoms with Crippen LogP contribution in [0.3, 0.4) is 0 Å². The molecule has 0 aliphatic heterocycles. The number of carbonyl (C=O) groups is 10. The molecule has 58 heavy (non-hydrogen) atoms. The van der Waals surface area contributed by atoms with Crippen molar-refractivity contribution in [1.82, 2.24) is 31.9 Å². The fraction of sp³-hybridized carbons (Fsp3) is 0.700. The highest BCUT2D eigenvalue weighted by Crippen LogP contribution is 2.27. The van der Waals surface area contributed by atoms with Crippen LogP contribution in [-0.2, 0) is 47.9 Å². The van der Waals surface area contributed by atoms with Gasteiger partial charge in [0.2, 0.25) is 47.0 Å². The molecule has 0 saturated heterocycles. The van der Waals surface area contributed by atoms with Gasteiger partial charge in [-0.2, -0.15) is 0 Å². The lowest BCUT2D eigenvalue weighted by Crippen LogP contribution is -2.61. The molecule has 0 aromatic carbocycles. The summed E-state index contributed by atoms with van der Waals surface area (Å²) in [5, 5.41) is 33.7. The van der Waals surface area contributed by atoms with Gasteiger partial charge in [-0.3, -0.25) is 47.9 Å². The molecule has 1 rings (SSSR count). The number of carboxylic acid groups (broad SMARTS) is 2. The van der Waals surface area contributed by atoms with Gasteiger partial charge >= 0.3 is 11.9 Å². The fourth-order valence-corrected chi connectivity index (χ4v) is 6.65. The van der Waals surface area contributed by atoms with Crippen LogP contribution < -0.4 is 31.9 Å². The van der Waals surface area contributed by atoms with E-state index in [2.05, 4.69) is 31.9 Å². The van der Waals surface area contributed by atoms with E-state index in [1.807, 2.05) is 0 Å². The van der Waals surface area contributed by atoms with E-state index in [4.69, 9.17) is 0 Å². The molecular formula is C40H64N6O12. The Morgan fingerprint density at radius 3 is 1.69 bits per heavy atom. The number of carbonyl (C=O) groups excluding carboxylic acids is 8. The standard InChI is InChI=1S/C40H64N6O12/c1-8-14-31(48)35(53)26(10-3)42-37(55)29(20-25-15-12-11-13-16-25)45-40(58)34(23(6)9-2)46-39(57)28(19-22(4)5)44-36(54)27(17-18-32(49)50)43-38(56)30(21-33(51)52)41-24(7)47/h8,14,22-23,25-30,34H,9-13,15-21H2,1-7H3,(H,41,47)(H,42,55)(H,43,56)(H,44,54)(H,45,58)(H,46,57)(H,49,50)(H,51,52)/b14-8+/t23?,26-,27+,28-,29-,30-,34-/m0/s1. The second-order valence-electron chi connectivity index (χ2n) is 15.4. The van der Waals surface area contributed by atoms with E-state index in [0.29, 0.717) is 6.42 Å². The molecule has 8 N–H and O–H groups in total. The smallest absolute Gasteiger partial charge is 0.305 e. The first-order valence-electron chi connectivity index (χ1n) is 20.2. The maximum absolute atomic E-state index is 14.1. The Morgan fingerprint density at radius 2 is 1.17 bits per heavy atom. The molecule has 18 nitrogen and oxygen atoms in total. The number of amides is 6. The van der Waals surface area contributed by atoms with E-state index in [0.717, 1.165) is 45.1 Å². The van der Waals surface area contributed by atoms with Crippen LogP contribution in [0.2, 0.25) is 0 Å². The third-order valence-corrected chi connectivity index (χ3v) is 10.0. The SMILES string of the molecule is C/C=C/C(=O)C(=O)[C@H](CC)NC(=O)[C@H](CC1CCCCC1)NC(=O)[C@@H](NC(=O)[C@H](CC(C)C)NC(=O)[C@@H](CCC(=O)O)NC(=O)[C@H](CC(=O)O)NC(C)=O)C(C)CC. The number of aliphatic carboxylic acids is 2. The van der Waals surface area contributed by atoms with Gasteiger partial charge in [-0.25, -0.2) is 0 Å². The van der Waals surface area contributed by atoms with E-state index in [1.165, 1.54) is 6.08 Å². The minimum absolute atomic E-state index is 0.0463. The van der Waals surface area contributed by atoms with Crippen LogP contribution in [0, 0.1) is 17.8 Å². The van der Waals surface area contributed by atoms with Crippen molar-refractivity contribution in [1.29, 1.82) is 0 Å². The Morgan fingerprint density at radius 1 is 0.638 bits per heavy atom. The van der Waals surface area contributed by atoms with Crippen LogP contribution in [-0.4, -0.2) is 105 Å². The van der Waals surface area contributed by atoms with Crippen LogP contribution in [0.1, 0.15) is 126 Å². The number of ketones is 2. The van der Waals surface area contributed by atoms with Gasteiger partial charge in [0.25, 0.3) is 0 Å². The Balaban J connectivity index is 3.41. The Bertz CT molecular complexity index is 1490. The average molecular weight is 821 g/mol. The van der Waals surface area contributed by atoms with Gasteiger partial charge in [0.05, 0.1) is 12.5 Å². The topological polar surface area (TPSA) is 283 Å². The molecule has 0 aromatic heterocycles. The molecule has 1 unspecified atom stereocenters. The highest BCUT2D eigenvalue weighted by atomic mass is 16.4. The molecular weight excluding hydrogens is 756 g/mol. The molecule has 1 aliphatic rings. The number of nitrogens with one attached hydrogen (secondary N) is 6. The maximum atomic E-state index is 14.1. The first-order chi connectivity index (χ1) is 27.2. The highest BCUT2D eigenvalue weighted by Gasteiger charge is 2.36. The van der Waals surface area contributed by atoms with Gasteiger partial charge in [0.15, 0.2) is 0 Å². The van der Waals surface area contributed by atoms with Gasteiger partial charge < -0.3 is 42.1 Å².